The van der Waals surface area contributed by atoms with Crippen LogP contribution in [-0.4, -0.2) is 11.2 Å². The Bertz CT molecular complexity index is 641. The van der Waals surface area contributed by atoms with Crippen LogP contribution in [0.2, 0.25) is 0 Å². The molecule has 0 aliphatic heterocycles. The van der Waals surface area contributed by atoms with Crippen LogP contribution in [0.4, 0.5) is 14.5 Å². The molecule has 0 bridgehead atoms. The third-order valence-electron chi connectivity index (χ3n) is 2.49. The number of nitrogens with zero attached hydrogens (tertiary/aromatic N) is 1. The molecule has 1 aromatic heterocycles. The van der Waals surface area contributed by atoms with Gasteiger partial charge in [0.2, 0.25) is 0 Å². The van der Waals surface area contributed by atoms with Gasteiger partial charge in [0, 0.05) is 24.0 Å². The van der Waals surface area contributed by atoms with E-state index < -0.39 is 11.6 Å². The summed E-state index contributed by atoms with van der Waals surface area (Å²) in [7, 11) is 0. The smallest absolute Gasteiger partial charge is 0.250 e. The quantitative estimate of drug-likeness (QED) is 0.917. The van der Waals surface area contributed by atoms with E-state index in [4.69, 9.17) is 10.5 Å². The monoisotopic (exact) mass is 266 g/mol. The van der Waals surface area contributed by atoms with Crippen molar-refractivity contribution < 1.29 is 13.5 Å². The van der Waals surface area contributed by atoms with E-state index in [0.717, 1.165) is 18.2 Å². The Balaban J connectivity index is 2.02. The van der Waals surface area contributed by atoms with Crippen LogP contribution in [0, 0.1) is 11.6 Å². The molecule has 0 saturated heterocycles. The Labute approximate surface area is 108 Å². The van der Waals surface area contributed by atoms with Crippen LogP contribution < -0.4 is 16.0 Å². The van der Waals surface area contributed by atoms with Crippen LogP contribution in [0.3, 0.4) is 0 Å². The molecular weight excluding hydrogens is 254 g/mol. The second-order valence-electron chi connectivity index (χ2n) is 3.92. The molecule has 2 N–H and O–H groups in total. The molecule has 0 fully saturated rings. The lowest BCUT2D eigenvalue weighted by atomic mass is 10.3. The largest absolute Gasteiger partial charge is 0.489 e. The number of pyridine rings is 1. The van der Waals surface area contributed by atoms with Gasteiger partial charge in [-0.25, -0.2) is 8.78 Å². The van der Waals surface area contributed by atoms with E-state index in [2.05, 4.69) is 0 Å². The molecule has 19 heavy (non-hydrogen) atoms. The number of benzene rings is 1. The maximum Gasteiger partial charge on any atom is 0.250 e. The number of aromatic nitrogens is 1. The fourth-order valence-electron chi connectivity index (χ4n) is 1.57. The molecule has 1 heterocycles. The van der Waals surface area contributed by atoms with Crippen LogP contribution in [0.5, 0.6) is 5.75 Å². The summed E-state index contributed by atoms with van der Waals surface area (Å²) in [5, 5.41) is 0. The van der Waals surface area contributed by atoms with Crippen LogP contribution in [0.1, 0.15) is 0 Å². The summed E-state index contributed by atoms with van der Waals surface area (Å²) in [5.74, 6) is -1.42. The third-order valence-corrected chi connectivity index (χ3v) is 2.49. The van der Waals surface area contributed by atoms with Crippen molar-refractivity contribution in [1.82, 2.24) is 4.57 Å². The average molecular weight is 266 g/mol. The van der Waals surface area contributed by atoms with Crippen LogP contribution in [0.25, 0.3) is 0 Å². The van der Waals surface area contributed by atoms with Crippen LogP contribution in [-0.2, 0) is 6.54 Å². The summed E-state index contributed by atoms with van der Waals surface area (Å²) in [6.07, 6.45) is 1.47. The Morgan fingerprint density at radius 2 is 2.00 bits per heavy atom. The molecule has 0 aliphatic carbocycles. The van der Waals surface area contributed by atoms with Gasteiger partial charge in [0.1, 0.15) is 12.4 Å². The fraction of sp³-hybridized carbons (Fsp3) is 0.154. The molecule has 0 radical (unpaired) electrons. The lowest BCUT2D eigenvalue weighted by molar-refractivity contribution is 0.281. The number of anilines is 1. The minimum Gasteiger partial charge on any atom is -0.489 e. The first-order valence-electron chi connectivity index (χ1n) is 5.60. The molecule has 1 aromatic carbocycles. The highest BCUT2D eigenvalue weighted by Gasteiger charge is 2.05. The Hall–Kier alpha value is -2.37. The highest BCUT2D eigenvalue weighted by Crippen LogP contribution is 2.17. The number of ether oxygens (including phenoxy) is 1. The van der Waals surface area contributed by atoms with Gasteiger partial charge in [-0.3, -0.25) is 4.79 Å². The molecule has 2 aromatic rings. The lowest BCUT2D eigenvalue weighted by Gasteiger charge is -2.09. The van der Waals surface area contributed by atoms with E-state index in [1.807, 2.05) is 0 Å². The Morgan fingerprint density at radius 3 is 2.79 bits per heavy atom. The van der Waals surface area contributed by atoms with E-state index in [1.54, 1.807) is 0 Å². The van der Waals surface area contributed by atoms with Crippen molar-refractivity contribution in [2.75, 3.05) is 12.3 Å². The van der Waals surface area contributed by atoms with E-state index in [9.17, 15) is 13.6 Å². The van der Waals surface area contributed by atoms with Crippen LogP contribution in [0.15, 0.2) is 41.3 Å². The first-order chi connectivity index (χ1) is 9.06. The minimum absolute atomic E-state index is 0.0315. The third kappa shape index (κ3) is 3.31. The van der Waals surface area contributed by atoms with Gasteiger partial charge in [0.15, 0.2) is 11.6 Å². The minimum atomic E-state index is -0.652. The maximum atomic E-state index is 13.3. The second kappa shape index (κ2) is 5.51. The molecule has 6 heteroatoms. The second-order valence-corrected chi connectivity index (χ2v) is 3.92. The predicted octanol–water partition coefficient (Wildman–Crippen LogP) is 1.79. The molecule has 0 amide bonds. The summed E-state index contributed by atoms with van der Waals surface area (Å²) in [4.78, 5) is 11.5. The average Bonchev–Trinajstić information content (AvgIpc) is 2.38. The summed E-state index contributed by atoms with van der Waals surface area (Å²) in [6.45, 7) is 0.226. The summed E-state index contributed by atoms with van der Waals surface area (Å²) < 4.78 is 32.6. The van der Waals surface area contributed by atoms with Gasteiger partial charge in [-0.15, -0.1) is 0 Å². The van der Waals surface area contributed by atoms with Crippen molar-refractivity contribution >= 4 is 5.69 Å². The zero-order valence-electron chi connectivity index (χ0n) is 9.98. The van der Waals surface area contributed by atoms with Gasteiger partial charge in [0.05, 0.1) is 6.54 Å². The summed E-state index contributed by atoms with van der Waals surface area (Å²) >= 11 is 0. The maximum absolute atomic E-state index is 13.3. The fourth-order valence-corrected chi connectivity index (χ4v) is 1.57. The number of halogens is 2. The highest BCUT2D eigenvalue weighted by atomic mass is 19.1. The lowest BCUT2D eigenvalue weighted by Crippen LogP contribution is -2.22. The van der Waals surface area contributed by atoms with Crippen molar-refractivity contribution in [3.8, 4) is 5.75 Å². The SMILES string of the molecule is Nc1ccc(=O)n(CCOc2cc(F)ccc2F)c1. The molecule has 0 aliphatic rings. The molecule has 100 valence electrons. The van der Waals surface area contributed by atoms with E-state index in [-0.39, 0.29) is 24.5 Å². The molecule has 0 spiro atoms. The predicted molar refractivity (Wildman–Crippen MR) is 67.0 cm³/mol. The number of nitrogen functional groups attached to an aromatic ring is 1. The molecule has 4 nitrogen and oxygen atoms in total. The van der Waals surface area contributed by atoms with Gasteiger partial charge >= 0.3 is 0 Å². The zero-order chi connectivity index (χ0) is 13.8. The first kappa shape index (κ1) is 13.1. The Morgan fingerprint density at radius 1 is 1.21 bits per heavy atom. The molecule has 0 unspecified atom stereocenters. The van der Waals surface area contributed by atoms with Crippen molar-refractivity contribution in [3.63, 3.8) is 0 Å². The van der Waals surface area contributed by atoms with E-state index in [0.29, 0.717) is 5.69 Å². The van der Waals surface area contributed by atoms with Gasteiger partial charge in [-0.1, -0.05) is 0 Å². The topological polar surface area (TPSA) is 57.2 Å². The van der Waals surface area contributed by atoms with Gasteiger partial charge in [-0.2, -0.15) is 0 Å². The van der Waals surface area contributed by atoms with Crippen molar-refractivity contribution in [2.45, 2.75) is 6.54 Å². The summed E-state index contributed by atoms with van der Waals surface area (Å²) in [6, 6.07) is 5.77. The molecule has 0 saturated carbocycles. The normalized spacial score (nSPS) is 10.4. The number of hydrogen-bond donors (Lipinski definition) is 1. The van der Waals surface area contributed by atoms with Crippen molar-refractivity contribution in [1.29, 1.82) is 0 Å². The standard InChI is InChI=1S/C13H12F2N2O2/c14-9-1-3-11(15)12(7-9)19-6-5-17-8-10(16)2-4-13(17)18/h1-4,7-8H,5-6,16H2. The van der Waals surface area contributed by atoms with Gasteiger partial charge < -0.3 is 15.0 Å². The molecule has 0 atom stereocenters. The van der Waals surface area contributed by atoms with Crippen molar-refractivity contribution in [2.24, 2.45) is 0 Å². The Kier molecular flexibility index (Phi) is 3.79. The molecule has 2 rings (SSSR count). The number of nitrogens with two attached hydrogens (primary N) is 1. The summed E-state index contributed by atoms with van der Waals surface area (Å²) in [5.41, 5.74) is 5.75. The van der Waals surface area contributed by atoms with Gasteiger partial charge in [0.25, 0.3) is 5.56 Å². The van der Waals surface area contributed by atoms with E-state index >= 15 is 0 Å². The first-order valence-corrected chi connectivity index (χ1v) is 5.60. The van der Waals surface area contributed by atoms with E-state index in [1.165, 1.54) is 22.9 Å². The number of hydrogen-bond acceptors (Lipinski definition) is 3. The highest BCUT2D eigenvalue weighted by molar-refractivity contribution is 5.33. The van der Waals surface area contributed by atoms with Gasteiger partial charge in [-0.05, 0) is 18.2 Å². The molecular formula is C13H12F2N2O2. The number of rotatable bonds is 4. The zero-order valence-corrected chi connectivity index (χ0v) is 9.98. The van der Waals surface area contributed by atoms with Crippen LogP contribution >= 0.6 is 0 Å². The van der Waals surface area contributed by atoms with Crippen molar-refractivity contribution in [3.05, 3.63) is 58.5 Å².